The third-order valence-electron chi connectivity index (χ3n) is 3.88. The first-order valence-corrected chi connectivity index (χ1v) is 9.39. The van der Waals surface area contributed by atoms with Gasteiger partial charge in [0.15, 0.2) is 0 Å². The molecule has 1 aromatic carbocycles. The topological polar surface area (TPSA) is 72.2 Å². The van der Waals surface area contributed by atoms with E-state index in [2.05, 4.69) is 20.7 Å². The summed E-state index contributed by atoms with van der Waals surface area (Å²) in [7, 11) is -3.86. The molecule has 2 rings (SSSR count). The molecule has 21 heavy (non-hydrogen) atoms. The minimum absolute atomic E-state index is 0.0452. The molecule has 0 aliphatic heterocycles. The molecule has 1 fully saturated rings. The summed E-state index contributed by atoms with van der Waals surface area (Å²) in [6.45, 7) is 0.322. The Labute approximate surface area is 133 Å². The highest BCUT2D eigenvalue weighted by Crippen LogP contribution is 2.26. The number of benzene rings is 1. The van der Waals surface area contributed by atoms with E-state index in [1.807, 2.05) is 0 Å². The number of nitrogens with one attached hydrogen (secondary N) is 1. The molecule has 118 valence electrons. The fraction of sp³-hybridized carbons (Fsp3) is 0.571. The predicted molar refractivity (Wildman–Crippen MR) is 83.8 cm³/mol. The minimum Gasteiger partial charge on any atom is -0.326 e. The summed E-state index contributed by atoms with van der Waals surface area (Å²) in [4.78, 5) is -0.340. The van der Waals surface area contributed by atoms with Crippen LogP contribution in [0.25, 0.3) is 0 Å². The van der Waals surface area contributed by atoms with Crippen molar-refractivity contribution in [1.29, 1.82) is 0 Å². The molecular formula is C14H20BrFN2O2S. The van der Waals surface area contributed by atoms with Crippen LogP contribution in [0.2, 0.25) is 0 Å². The number of sulfonamides is 1. The molecule has 0 aromatic heterocycles. The van der Waals surface area contributed by atoms with E-state index in [4.69, 9.17) is 5.73 Å². The highest BCUT2D eigenvalue weighted by Gasteiger charge is 2.23. The van der Waals surface area contributed by atoms with Gasteiger partial charge in [0, 0.05) is 23.1 Å². The van der Waals surface area contributed by atoms with Crippen molar-refractivity contribution in [3.05, 3.63) is 28.0 Å². The van der Waals surface area contributed by atoms with E-state index in [1.54, 1.807) is 0 Å². The number of hydrogen-bond donors (Lipinski definition) is 2. The molecule has 1 aliphatic rings. The average molecular weight is 379 g/mol. The van der Waals surface area contributed by atoms with Crippen LogP contribution in [0.15, 0.2) is 21.5 Å². The first-order valence-electron chi connectivity index (χ1n) is 7.11. The maximum atomic E-state index is 14.2. The number of halogens is 2. The van der Waals surface area contributed by atoms with Gasteiger partial charge in [0.1, 0.15) is 10.7 Å². The Kier molecular flexibility index (Phi) is 5.76. The largest absolute Gasteiger partial charge is 0.326 e. The van der Waals surface area contributed by atoms with Crippen molar-refractivity contribution >= 4 is 26.0 Å². The van der Waals surface area contributed by atoms with Gasteiger partial charge in [-0.3, -0.25) is 0 Å². The summed E-state index contributed by atoms with van der Waals surface area (Å²) in [6.07, 6.45) is 5.53. The van der Waals surface area contributed by atoms with Crippen LogP contribution < -0.4 is 10.5 Å². The standard InChI is InChI=1S/C14H20BrFN2O2S/c15-12-6-11(8-17)14(16)13(7-12)21(19,20)18-9-10-4-2-1-3-5-10/h6-7,10,18H,1-5,8-9,17H2. The predicted octanol–water partition coefficient (Wildman–Crippen LogP) is 2.91. The molecule has 0 saturated heterocycles. The summed E-state index contributed by atoms with van der Waals surface area (Å²) in [5.74, 6) is -0.422. The molecule has 1 aromatic rings. The van der Waals surface area contributed by atoms with Crippen molar-refractivity contribution < 1.29 is 12.8 Å². The van der Waals surface area contributed by atoms with E-state index in [0.29, 0.717) is 16.9 Å². The van der Waals surface area contributed by atoms with Crippen molar-refractivity contribution in [3.8, 4) is 0 Å². The van der Waals surface area contributed by atoms with Gasteiger partial charge in [0.25, 0.3) is 0 Å². The Morgan fingerprint density at radius 2 is 1.95 bits per heavy atom. The molecule has 0 spiro atoms. The lowest BCUT2D eigenvalue weighted by molar-refractivity contribution is 0.357. The van der Waals surface area contributed by atoms with Crippen LogP contribution >= 0.6 is 15.9 Å². The maximum absolute atomic E-state index is 14.2. The monoisotopic (exact) mass is 378 g/mol. The quantitative estimate of drug-likeness (QED) is 0.827. The third kappa shape index (κ3) is 4.25. The normalized spacial score (nSPS) is 17.1. The maximum Gasteiger partial charge on any atom is 0.243 e. The molecule has 1 aliphatic carbocycles. The van der Waals surface area contributed by atoms with Crippen LogP contribution in [0, 0.1) is 11.7 Å². The Morgan fingerprint density at radius 3 is 2.57 bits per heavy atom. The van der Waals surface area contributed by atoms with Crippen molar-refractivity contribution in [3.63, 3.8) is 0 Å². The van der Waals surface area contributed by atoms with Gasteiger partial charge in [-0.25, -0.2) is 17.5 Å². The van der Waals surface area contributed by atoms with Crippen molar-refractivity contribution in [1.82, 2.24) is 4.72 Å². The van der Waals surface area contributed by atoms with E-state index < -0.39 is 15.8 Å². The minimum atomic E-state index is -3.86. The van der Waals surface area contributed by atoms with Gasteiger partial charge in [0.05, 0.1) is 0 Å². The fourth-order valence-corrected chi connectivity index (χ4v) is 4.58. The van der Waals surface area contributed by atoms with Gasteiger partial charge in [-0.1, -0.05) is 35.2 Å². The van der Waals surface area contributed by atoms with Crippen LogP contribution in [-0.2, 0) is 16.6 Å². The summed E-state index contributed by atoms with van der Waals surface area (Å²) in [5, 5.41) is 0. The van der Waals surface area contributed by atoms with Crippen LogP contribution in [0.4, 0.5) is 4.39 Å². The van der Waals surface area contributed by atoms with Crippen LogP contribution in [0.1, 0.15) is 37.7 Å². The van der Waals surface area contributed by atoms with Gasteiger partial charge in [0.2, 0.25) is 10.0 Å². The smallest absolute Gasteiger partial charge is 0.243 e. The Hall–Kier alpha value is -0.500. The molecule has 1 saturated carbocycles. The third-order valence-corrected chi connectivity index (χ3v) is 5.76. The number of hydrogen-bond acceptors (Lipinski definition) is 3. The molecule has 0 atom stereocenters. The lowest BCUT2D eigenvalue weighted by Gasteiger charge is -2.21. The highest BCUT2D eigenvalue weighted by atomic mass is 79.9. The van der Waals surface area contributed by atoms with E-state index in [0.717, 1.165) is 25.7 Å². The Morgan fingerprint density at radius 1 is 1.29 bits per heavy atom. The first kappa shape index (κ1) is 16.9. The van der Waals surface area contributed by atoms with Crippen LogP contribution in [0.3, 0.4) is 0 Å². The second-order valence-corrected chi connectivity index (χ2v) is 8.09. The summed E-state index contributed by atoms with van der Waals surface area (Å²) < 4.78 is 41.8. The second-order valence-electron chi connectivity index (χ2n) is 5.44. The van der Waals surface area contributed by atoms with E-state index in [9.17, 15) is 12.8 Å². The first-order chi connectivity index (χ1) is 9.94. The lowest BCUT2D eigenvalue weighted by Crippen LogP contribution is -2.31. The van der Waals surface area contributed by atoms with Gasteiger partial charge in [-0.15, -0.1) is 0 Å². The number of rotatable bonds is 5. The van der Waals surface area contributed by atoms with Gasteiger partial charge in [-0.2, -0.15) is 0 Å². The van der Waals surface area contributed by atoms with E-state index >= 15 is 0 Å². The van der Waals surface area contributed by atoms with Crippen molar-refractivity contribution in [2.75, 3.05) is 6.54 Å². The van der Waals surface area contributed by atoms with Crippen LogP contribution in [0.5, 0.6) is 0 Å². The zero-order chi connectivity index (χ0) is 15.5. The zero-order valence-corrected chi connectivity index (χ0v) is 14.1. The second kappa shape index (κ2) is 7.17. The summed E-state index contributed by atoms with van der Waals surface area (Å²) >= 11 is 3.19. The van der Waals surface area contributed by atoms with Gasteiger partial charge < -0.3 is 5.73 Å². The zero-order valence-electron chi connectivity index (χ0n) is 11.7. The van der Waals surface area contributed by atoms with Gasteiger partial charge >= 0.3 is 0 Å². The van der Waals surface area contributed by atoms with E-state index in [1.165, 1.54) is 18.6 Å². The summed E-state index contributed by atoms with van der Waals surface area (Å²) in [5.41, 5.74) is 5.63. The SMILES string of the molecule is NCc1cc(Br)cc(S(=O)(=O)NCC2CCCCC2)c1F. The molecule has 3 N–H and O–H groups in total. The molecular weight excluding hydrogens is 359 g/mol. The fourth-order valence-electron chi connectivity index (χ4n) is 2.66. The molecule has 0 bridgehead atoms. The lowest BCUT2D eigenvalue weighted by atomic mass is 9.90. The van der Waals surface area contributed by atoms with Crippen LogP contribution in [-0.4, -0.2) is 15.0 Å². The highest BCUT2D eigenvalue weighted by molar-refractivity contribution is 9.10. The van der Waals surface area contributed by atoms with Gasteiger partial charge in [-0.05, 0) is 30.9 Å². The Bertz CT molecular complexity index is 601. The van der Waals surface area contributed by atoms with Crippen molar-refractivity contribution in [2.45, 2.75) is 43.5 Å². The van der Waals surface area contributed by atoms with Crippen molar-refractivity contribution in [2.24, 2.45) is 11.7 Å². The Balaban J connectivity index is 2.17. The molecule has 7 heteroatoms. The average Bonchev–Trinajstić information content (AvgIpc) is 2.48. The summed E-state index contributed by atoms with van der Waals surface area (Å²) in [6, 6.07) is 2.77. The molecule has 0 heterocycles. The molecule has 4 nitrogen and oxygen atoms in total. The van der Waals surface area contributed by atoms with E-state index in [-0.39, 0.29) is 17.0 Å². The molecule has 0 unspecified atom stereocenters. The number of nitrogens with two attached hydrogens (primary N) is 1. The molecule has 0 amide bonds. The molecule has 0 radical (unpaired) electrons.